The Hall–Kier alpha value is -1.14. The van der Waals surface area contributed by atoms with E-state index in [1.807, 2.05) is 0 Å². The van der Waals surface area contributed by atoms with Crippen molar-refractivity contribution in [2.75, 3.05) is 0 Å². The molecule has 3 aromatic rings. The van der Waals surface area contributed by atoms with Gasteiger partial charge >= 0.3 is 223 Å². The van der Waals surface area contributed by atoms with E-state index in [4.69, 9.17) is 17.0 Å². The van der Waals surface area contributed by atoms with Gasteiger partial charge in [0, 0.05) is 0 Å². The van der Waals surface area contributed by atoms with Crippen LogP contribution in [0.3, 0.4) is 0 Å². The number of allylic oxidation sites excluding steroid dienone is 1. The van der Waals surface area contributed by atoms with Gasteiger partial charge in [-0.2, -0.15) is 0 Å². The Balaban J connectivity index is 2.05. The van der Waals surface area contributed by atoms with Gasteiger partial charge in [-0.3, -0.25) is 0 Å². The minimum absolute atomic E-state index is 0.240. The molecule has 0 aliphatic heterocycles. The van der Waals surface area contributed by atoms with Crippen LogP contribution in [-0.2, 0) is 19.4 Å². The quantitative estimate of drug-likeness (QED) is 0.265. The second-order valence-electron chi connectivity index (χ2n) is 10.6. The summed E-state index contributed by atoms with van der Waals surface area (Å²) < 4.78 is 0.240. The molecule has 0 radical (unpaired) electrons. The molecule has 1 atom stereocenters. The van der Waals surface area contributed by atoms with Gasteiger partial charge in [-0.15, -0.1) is 0 Å². The fourth-order valence-corrected chi connectivity index (χ4v) is 10.5. The molecule has 4 rings (SSSR count). The Morgan fingerprint density at radius 2 is 1.38 bits per heavy atom. The zero-order valence-corrected chi connectivity index (χ0v) is 25.1. The molecule has 1 unspecified atom stereocenters. The summed E-state index contributed by atoms with van der Waals surface area (Å²) in [7, 11) is 13.6. The Bertz CT molecular complexity index is 1160. The van der Waals surface area contributed by atoms with Crippen molar-refractivity contribution in [2.24, 2.45) is 5.92 Å². The van der Waals surface area contributed by atoms with Crippen LogP contribution in [0, 0.1) is 5.92 Å². The van der Waals surface area contributed by atoms with E-state index in [1.54, 1.807) is 0 Å². The molecule has 0 heterocycles. The van der Waals surface area contributed by atoms with Gasteiger partial charge in [0.1, 0.15) is 0 Å². The predicted octanol–water partition coefficient (Wildman–Crippen LogP) is 10.7. The maximum atomic E-state index is 6.80. The van der Waals surface area contributed by atoms with Crippen molar-refractivity contribution in [3.8, 4) is 22.3 Å². The molecule has 0 nitrogen and oxygen atoms in total. The summed E-state index contributed by atoms with van der Waals surface area (Å²) in [6.07, 6.45) is 3.48. The van der Waals surface area contributed by atoms with Crippen LogP contribution < -0.4 is 0 Å². The third-order valence-corrected chi connectivity index (χ3v) is 12.2. The van der Waals surface area contributed by atoms with Crippen molar-refractivity contribution in [3.63, 3.8) is 0 Å². The van der Waals surface area contributed by atoms with E-state index in [1.165, 1.54) is 50.1 Å². The third-order valence-electron chi connectivity index (χ3n) is 6.84. The van der Waals surface area contributed by atoms with E-state index in [0.717, 1.165) is 6.42 Å². The number of benzene rings is 3. The molecular formula is C31H35Cl2Zr. The normalized spacial score (nSPS) is 15.3. The van der Waals surface area contributed by atoms with Gasteiger partial charge in [0.2, 0.25) is 0 Å². The van der Waals surface area contributed by atoms with Crippen molar-refractivity contribution in [1.29, 1.82) is 0 Å². The van der Waals surface area contributed by atoms with Gasteiger partial charge < -0.3 is 0 Å². The van der Waals surface area contributed by atoms with Crippen LogP contribution in [0.4, 0.5) is 0 Å². The SMILES string of the molecule is CC(C)CC1=Cc2c(ccc(-c3ccccc3)c2-c2cc(C(C)C)cc(C(C)C)c2)[CH]1[Zr]([Cl])[Cl]. The van der Waals surface area contributed by atoms with Crippen molar-refractivity contribution in [3.05, 3.63) is 88.5 Å². The summed E-state index contributed by atoms with van der Waals surface area (Å²) >= 11 is -2.58. The van der Waals surface area contributed by atoms with E-state index in [2.05, 4.69) is 108 Å². The van der Waals surface area contributed by atoms with Crippen LogP contribution in [0.2, 0.25) is 0 Å². The number of rotatable bonds is 7. The number of hydrogen-bond acceptors (Lipinski definition) is 0. The fraction of sp³-hybridized carbons (Fsp3) is 0.355. The van der Waals surface area contributed by atoms with Gasteiger partial charge in [0.25, 0.3) is 0 Å². The summed E-state index contributed by atoms with van der Waals surface area (Å²) in [5.41, 5.74) is 12.1. The first-order valence-corrected chi connectivity index (χ1v) is 20.2. The number of halogens is 2. The van der Waals surface area contributed by atoms with Crippen LogP contribution in [0.5, 0.6) is 0 Å². The zero-order chi connectivity index (χ0) is 24.6. The van der Waals surface area contributed by atoms with Crippen LogP contribution in [0.1, 0.15) is 85.7 Å². The van der Waals surface area contributed by atoms with Crippen molar-refractivity contribution < 1.29 is 19.4 Å². The second-order valence-corrected chi connectivity index (χ2v) is 19.4. The first-order valence-electron chi connectivity index (χ1n) is 12.4. The molecule has 0 bridgehead atoms. The van der Waals surface area contributed by atoms with Gasteiger partial charge in [0.15, 0.2) is 0 Å². The summed E-state index contributed by atoms with van der Waals surface area (Å²) in [5.74, 6) is 1.52. The van der Waals surface area contributed by atoms with E-state index < -0.39 is 19.4 Å². The monoisotopic (exact) mass is 567 g/mol. The first kappa shape index (κ1) is 25.9. The number of fused-ring (bicyclic) bond motifs is 1. The number of hydrogen-bond donors (Lipinski definition) is 0. The van der Waals surface area contributed by atoms with Gasteiger partial charge in [-0.05, 0) is 0 Å². The summed E-state index contributed by atoms with van der Waals surface area (Å²) in [5, 5.41) is 0. The van der Waals surface area contributed by atoms with Crippen LogP contribution in [0.25, 0.3) is 28.3 Å². The zero-order valence-electron chi connectivity index (χ0n) is 21.1. The molecule has 177 valence electrons. The molecular weight excluding hydrogens is 534 g/mol. The van der Waals surface area contributed by atoms with Crippen LogP contribution in [0.15, 0.2) is 66.2 Å². The van der Waals surface area contributed by atoms with Crippen LogP contribution in [-0.4, -0.2) is 0 Å². The Morgan fingerprint density at radius 1 is 0.765 bits per heavy atom. The maximum absolute atomic E-state index is 6.80. The van der Waals surface area contributed by atoms with Crippen molar-refractivity contribution in [2.45, 2.75) is 63.4 Å². The Kier molecular flexibility index (Phi) is 8.29. The van der Waals surface area contributed by atoms with Gasteiger partial charge in [0.05, 0.1) is 0 Å². The average molecular weight is 570 g/mol. The molecule has 34 heavy (non-hydrogen) atoms. The van der Waals surface area contributed by atoms with E-state index in [-0.39, 0.29) is 3.63 Å². The molecule has 3 heteroatoms. The van der Waals surface area contributed by atoms with Gasteiger partial charge in [-0.25, -0.2) is 0 Å². The Morgan fingerprint density at radius 3 is 1.91 bits per heavy atom. The Labute approximate surface area is 221 Å². The summed E-state index contributed by atoms with van der Waals surface area (Å²) in [6.45, 7) is 13.7. The summed E-state index contributed by atoms with van der Waals surface area (Å²) in [4.78, 5) is 0. The standard InChI is InChI=1S/C31H35.2ClH.Zr/c1-20(2)14-23-15-25-12-13-29(24-10-8-7-9-11-24)31(30(25)16-23)28-18-26(21(3)4)17-27(19-28)22(5)6;;;/h7-13,15-22H,14H2,1-6H3;2*1H;/q;;;+2/p-2. The molecule has 0 aromatic heterocycles. The van der Waals surface area contributed by atoms with Crippen molar-refractivity contribution >= 4 is 23.1 Å². The molecule has 0 spiro atoms. The average Bonchev–Trinajstić information content (AvgIpc) is 3.15. The van der Waals surface area contributed by atoms with E-state index in [9.17, 15) is 0 Å². The molecule has 1 aliphatic carbocycles. The molecule has 0 saturated carbocycles. The molecule has 1 aliphatic rings. The molecule has 3 aromatic carbocycles. The van der Waals surface area contributed by atoms with Gasteiger partial charge in [-0.1, -0.05) is 0 Å². The van der Waals surface area contributed by atoms with E-state index in [0.29, 0.717) is 17.8 Å². The van der Waals surface area contributed by atoms with Crippen LogP contribution >= 0.6 is 17.0 Å². The predicted molar refractivity (Wildman–Crippen MR) is 147 cm³/mol. The summed E-state index contributed by atoms with van der Waals surface area (Å²) in [6, 6.07) is 22.6. The topological polar surface area (TPSA) is 0 Å². The molecule has 0 fully saturated rings. The molecule has 0 N–H and O–H groups in total. The third kappa shape index (κ3) is 5.33. The first-order chi connectivity index (χ1) is 16.2. The fourth-order valence-electron chi connectivity index (χ4n) is 5.07. The molecule has 0 saturated heterocycles. The molecule has 0 amide bonds. The minimum atomic E-state index is -2.58. The van der Waals surface area contributed by atoms with Crippen molar-refractivity contribution in [1.82, 2.24) is 0 Å². The van der Waals surface area contributed by atoms with E-state index >= 15 is 0 Å². The second kappa shape index (κ2) is 10.9.